The molecular weight excluding hydrogens is 262 g/mol. The highest BCUT2D eigenvalue weighted by Crippen LogP contribution is 2.33. The number of halogens is 4. The van der Waals surface area contributed by atoms with E-state index in [1.807, 2.05) is 0 Å². The largest absolute Gasteiger partial charge is 0.393 e. The number of carbonyl (C=O) groups is 1. The molecule has 1 atom stereocenters. The highest BCUT2D eigenvalue weighted by atomic mass is 19.4. The van der Waals surface area contributed by atoms with E-state index in [2.05, 4.69) is 0 Å². The highest BCUT2D eigenvalue weighted by molar-refractivity contribution is 5.94. The molecule has 0 bridgehead atoms. The van der Waals surface area contributed by atoms with Crippen LogP contribution in [0.5, 0.6) is 0 Å². The molecule has 0 aromatic heterocycles. The first-order chi connectivity index (χ1) is 8.88. The quantitative estimate of drug-likeness (QED) is 0.720. The second-order valence-electron chi connectivity index (χ2n) is 4.64. The third-order valence-corrected chi connectivity index (χ3v) is 3.24. The number of hydrogen-bond acceptors (Lipinski definition) is 1. The van der Waals surface area contributed by atoms with E-state index >= 15 is 0 Å². The van der Waals surface area contributed by atoms with Crippen molar-refractivity contribution in [2.45, 2.75) is 19.0 Å². The van der Waals surface area contributed by atoms with E-state index in [-0.39, 0.29) is 25.1 Å². The van der Waals surface area contributed by atoms with Gasteiger partial charge in [0, 0.05) is 18.7 Å². The van der Waals surface area contributed by atoms with Crippen LogP contribution in [0.2, 0.25) is 0 Å². The summed E-state index contributed by atoms with van der Waals surface area (Å²) in [6.45, 7) is -0.0687. The van der Waals surface area contributed by atoms with Crippen LogP contribution in [0.1, 0.15) is 23.2 Å². The van der Waals surface area contributed by atoms with Crippen molar-refractivity contribution in [3.8, 4) is 0 Å². The molecule has 1 aliphatic rings. The fourth-order valence-corrected chi connectivity index (χ4v) is 2.23. The van der Waals surface area contributed by atoms with E-state index in [0.29, 0.717) is 6.42 Å². The highest BCUT2D eigenvalue weighted by Gasteiger charge is 2.42. The molecule has 0 spiro atoms. The van der Waals surface area contributed by atoms with Crippen molar-refractivity contribution in [2.75, 3.05) is 13.1 Å². The zero-order chi connectivity index (χ0) is 14.0. The lowest BCUT2D eigenvalue weighted by Gasteiger charge is -2.33. The van der Waals surface area contributed by atoms with Crippen LogP contribution in [0.3, 0.4) is 0 Å². The van der Waals surface area contributed by atoms with Crippen molar-refractivity contribution in [3.05, 3.63) is 35.6 Å². The number of benzene rings is 1. The summed E-state index contributed by atoms with van der Waals surface area (Å²) in [6.07, 6.45) is -3.94. The molecule has 2 rings (SSSR count). The van der Waals surface area contributed by atoms with Crippen molar-refractivity contribution in [1.29, 1.82) is 0 Å². The first-order valence-corrected chi connectivity index (χ1v) is 5.99. The summed E-state index contributed by atoms with van der Waals surface area (Å²) in [5, 5.41) is 0. The summed E-state index contributed by atoms with van der Waals surface area (Å²) < 4.78 is 50.9. The molecule has 1 fully saturated rings. The van der Waals surface area contributed by atoms with Gasteiger partial charge in [-0.3, -0.25) is 4.79 Å². The number of likely N-dealkylation sites (tertiary alicyclic amines) is 1. The predicted octanol–water partition coefficient (Wildman–Crippen LogP) is 3.24. The molecule has 1 heterocycles. The maximum Gasteiger partial charge on any atom is 0.393 e. The van der Waals surface area contributed by atoms with Gasteiger partial charge in [-0.1, -0.05) is 6.07 Å². The first kappa shape index (κ1) is 13.8. The van der Waals surface area contributed by atoms with E-state index in [4.69, 9.17) is 0 Å². The Morgan fingerprint density at radius 1 is 1.32 bits per heavy atom. The van der Waals surface area contributed by atoms with E-state index in [1.165, 1.54) is 18.2 Å². The molecule has 19 heavy (non-hydrogen) atoms. The summed E-state index contributed by atoms with van der Waals surface area (Å²) in [4.78, 5) is 13.2. The van der Waals surface area contributed by atoms with Gasteiger partial charge in [-0.05, 0) is 31.0 Å². The third kappa shape index (κ3) is 3.24. The van der Waals surface area contributed by atoms with Crippen LogP contribution in [-0.4, -0.2) is 30.1 Å². The second kappa shape index (κ2) is 5.19. The van der Waals surface area contributed by atoms with Gasteiger partial charge in [0.25, 0.3) is 5.91 Å². The van der Waals surface area contributed by atoms with Crippen molar-refractivity contribution >= 4 is 5.91 Å². The third-order valence-electron chi connectivity index (χ3n) is 3.24. The summed E-state index contributed by atoms with van der Waals surface area (Å²) >= 11 is 0. The number of piperidine rings is 1. The molecule has 2 nitrogen and oxygen atoms in total. The van der Waals surface area contributed by atoms with Gasteiger partial charge < -0.3 is 4.90 Å². The molecule has 1 aromatic carbocycles. The fraction of sp³-hybridized carbons (Fsp3) is 0.462. The maximum atomic E-state index is 13.0. The van der Waals surface area contributed by atoms with Crippen molar-refractivity contribution in [1.82, 2.24) is 4.90 Å². The van der Waals surface area contributed by atoms with Gasteiger partial charge in [-0.15, -0.1) is 0 Å². The Morgan fingerprint density at radius 2 is 2.05 bits per heavy atom. The smallest absolute Gasteiger partial charge is 0.338 e. The minimum Gasteiger partial charge on any atom is -0.338 e. The van der Waals surface area contributed by atoms with E-state index in [1.54, 1.807) is 0 Å². The van der Waals surface area contributed by atoms with Gasteiger partial charge in [0.15, 0.2) is 0 Å². The number of rotatable bonds is 1. The minimum atomic E-state index is -4.29. The van der Waals surface area contributed by atoms with Gasteiger partial charge in [-0.25, -0.2) is 4.39 Å². The Hall–Kier alpha value is -1.59. The molecule has 1 aliphatic heterocycles. The molecule has 0 saturated carbocycles. The zero-order valence-corrected chi connectivity index (χ0v) is 10.1. The molecule has 0 aliphatic carbocycles. The van der Waals surface area contributed by atoms with Crippen LogP contribution in [0.15, 0.2) is 24.3 Å². The van der Waals surface area contributed by atoms with Crippen LogP contribution >= 0.6 is 0 Å². The van der Waals surface area contributed by atoms with Gasteiger partial charge >= 0.3 is 6.18 Å². The van der Waals surface area contributed by atoms with E-state index in [0.717, 1.165) is 11.0 Å². The standard InChI is InChI=1S/C13H13F4NO/c14-11-5-1-3-9(7-11)12(19)18-6-2-4-10(8-18)13(15,16)17/h1,3,5,7,10H,2,4,6,8H2/t10-/m1/s1. The molecule has 1 amide bonds. The average molecular weight is 275 g/mol. The minimum absolute atomic E-state index is 0.0381. The van der Waals surface area contributed by atoms with Crippen LogP contribution in [-0.2, 0) is 0 Å². The van der Waals surface area contributed by atoms with Gasteiger partial charge in [0.1, 0.15) is 5.82 Å². The van der Waals surface area contributed by atoms with Gasteiger partial charge in [0.2, 0.25) is 0 Å². The van der Waals surface area contributed by atoms with Crippen molar-refractivity contribution < 1.29 is 22.4 Å². The first-order valence-electron chi connectivity index (χ1n) is 5.99. The summed E-state index contributed by atoms with van der Waals surface area (Å²) in [5.74, 6) is -2.61. The van der Waals surface area contributed by atoms with Gasteiger partial charge in [-0.2, -0.15) is 13.2 Å². The monoisotopic (exact) mass is 275 g/mol. The zero-order valence-electron chi connectivity index (χ0n) is 10.1. The Morgan fingerprint density at radius 3 is 2.68 bits per heavy atom. The van der Waals surface area contributed by atoms with Crippen LogP contribution < -0.4 is 0 Å². The fourth-order valence-electron chi connectivity index (χ4n) is 2.23. The Bertz CT molecular complexity index is 472. The molecule has 1 aromatic rings. The van der Waals surface area contributed by atoms with Crippen molar-refractivity contribution in [2.24, 2.45) is 5.92 Å². The molecule has 1 saturated heterocycles. The molecule has 104 valence electrons. The maximum absolute atomic E-state index is 13.0. The van der Waals surface area contributed by atoms with Crippen LogP contribution in [0.4, 0.5) is 17.6 Å². The molecule has 6 heteroatoms. The lowest BCUT2D eigenvalue weighted by Crippen LogP contribution is -2.44. The lowest BCUT2D eigenvalue weighted by molar-refractivity contribution is -0.184. The molecular formula is C13H13F4NO. The number of carbonyl (C=O) groups excluding carboxylic acids is 1. The van der Waals surface area contributed by atoms with Crippen LogP contribution in [0.25, 0.3) is 0 Å². The Labute approximate surface area is 108 Å². The summed E-state index contributed by atoms with van der Waals surface area (Å²) in [7, 11) is 0. The number of alkyl halides is 3. The lowest BCUT2D eigenvalue weighted by atomic mass is 9.97. The molecule has 0 unspecified atom stereocenters. The predicted molar refractivity (Wildman–Crippen MR) is 61.1 cm³/mol. The molecule has 0 N–H and O–H groups in total. The van der Waals surface area contributed by atoms with E-state index in [9.17, 15) is 22.4 Å². The van der Waals surface area contributed by atoms with Crippen LogP contribution in [0, 0.1) is 11.7 Å². The SMILES string of the molecule is O=C(c1cccc(F)c1)N1CCC[C@@H](C(F)(F)F)C1. The normalized spacial score (nSPS) is 20.4. The number of hydrogen-bond donors (Lipinski definition) is 0. The summed E-state index contributed by atoms with van der Waals surface area (Å²) in [5.41, 5.74) is 0.0859. The molecule has 0 radical (unpaired) electrons. The average Bonchev–Trinajstić information content (AvgIpc) is 2.37. The summed E-state index contributed by atoms with van der Waals surface area (Å²) in [6, 6.07) is 5.00. The Balaban J connectivity index is 2.11. The number of nitrogens with zero attached hydrogens (tertiary/aromatic N) is 1. The van der Waals surface area contributed by atoms with Crippen molar-refractivity contribution in [3.63, 3.8) is 0 Å². The topological polar surface area (TPSA) is 20.3 Å². The number of amides is 1. The Kier molecular flexibility index (Phi) is 3.78. The van der Waals surface area contributed by atoms with Gasteiger partial charge in [0.05, 0.1) is 5.92 Å². The van der Waals surface area contributed by atoms with E-state index < -0.39 is 23.8 Å². The second-order valence-corrected chi connectivity index (χ2v) is 4.64.